The molecule has 0 aliphatic carbocycles. The smallest absolute Gasteiger partial charge is 0.348 e. The number of ether oxygens (including phenoxy) is 3. The SMILES string of the molecule is COc1ccc(C[C@H]2NC(=O)/C=C/C[C@@H](C(=O)/C=C/c3ccccc3)OC(=O)[C@H](CC(C)C)OC(=O)[C@H](C)CNC2=O)cc1. The van der Waals surface area contributed by atoms with Crippen molar-refractivity contribution in [2.75, 3.05) is 13.7 Å². The van der Waals surface area contributed by atoms with Crippen molar-refractivity contribution in [1.82, 2.24) is 10.6 Å². The van der Waals surface area contributed by atoms with Crippen molar-refractivity contribution in [3.05, 3.63) is 84.0 Å². The van der Waals surface area contributed by atoms with Gasteiger partial charge in [-0.25, -0.2) is 4.79 Å². The standard InChI is InChI=1S/C34H40N2O8/c1-22(2)19-30-34(41)43-29(28(37)18-15-24-9-6-5-7-10-24)11-8-12-31(38)36-27(20-25-13-16-26(42-4)17-14-25)32(39)35-21-23(3)33(40)44-30/h5-10,12-18,22-23,27,29-30H,11,19-21H2,1-4H3,(H,35,39)(H,36,38)/b12-8+,18-15+/t23-,27-,29+,30+/m1/s1. The van der Waals surface area contributed by atoms with Crippen LogP contribution < -0.4 is 15.4 Å². The maximum atomic E-state index is 13.2. The zero-order chi connectivity index (χ0) is 32.1. The maximum absolute atomic E-state index is 13.2. The van der Waals surface area contributed by atoms with Gasteiger partial charge in [-0.3, -0.25) is 19.2 Å². The highest BCUT2D eigenvalue weighted by atomic mass is 16.6. The number of amides is 2. The van der Waals surface area contributed by atoms with Crippen molar-refractivity contribution in [3.8, 4) is 5.75 Å². The molecular weight excluding hydrogens is 564 g/mol. The number of carbonyl (C=O) groups excluding carboxylic acids is 5. The van der Waals surface area contributed by atoms with Gasteiger partial charge in [0.15, 0.2) is 18.0 Å². The number of ketones is 1. The van der Waals surface area contributed by atoms with Crippen molar-refractivity contribution >= 4 is 35.6 Å². The van der Waals surface area contributed by atoms with E-state index < -0.39 is 53.7 Å². The first-order valence-electron chi connectivity index (χ1n) is 14.6. The number of nitrogens with one attached hydrogen (secondary N) is 2. The van der Waals surface area contributed by atoms with E-state index in [1.165, 1.54) is 18.2 Å². The molecule has 3 rings (SSSR count). The third-order valence-corrected chi connectivity index (χ3v) is 6.86. The minimum Gasteiger partial charge on any atom is -0.497 e. The van der Waals surface area contributed by atoms with E-state index in [2.05, 4.69) is 10.6 Å². The van der Waals surface area contributed by atoms with Gasteiger partial charge in [-0.05, 0) is 47.8 Å². The fourth-order valence-corrected chi connectivity index (χ4v) is 4.35. The summed E-state index contributed by atoms with van der Waals surface area (Å²) in [5.74, 6) is -3.34. The predicted octanol–water partition coefficient (Wildman–Crippen LogP) is 3.59. The molecule has 0 fully saturated rings. The molecule has 0 unspecified atom stereocenters. The van der Waals surface area contributed by atoms with Gasteiger partial charge in [-0.1, -0.05) is 75.4 Å². The van der Waals surface area contributed by atoms with E-state index in [0.717, 1.165) is 11.1 Å². The van der Waals surface area contributed by atoms with Crippen LogP contribution in [-0.2, 0) is 39.9 Å². The van der Waals surface area contributed by atoms with Gasteiger partial charge in [0.25, 0.3) is 0 Å². The lowest BCUT2D eigenvalue weighted by molar-refractivity contribution is -0.175. The molecule has 1 heterocycles. The largest absolute Gasteiger partial charge is 0.497 e. The summed E-state index contributed by atoms with van der Waals surface area (Å²) in [4.78, 5) is 65.4. The molecule has 0 saturated carbocycles. The van der Waals surface area contributed by atoms with Crippen LogP contribution in [0.1, 0.15) is 44.7 Å². The molecule has 0 spiro atoms. The number of benzene rings is 2. The lowest BCUT2D eigenvalue weighted by Gasteiger charge is -2.24. The molecule has 2 aromatic carbocycles. The fourth-order valence-electron chi connectivity index (χ4n) is 4.35. The van der Waals surface area contributed by atoms with E-state index >= 15 is 0 Å². The van der Waals surface area contributed by atoms with Crippen molar-refractivity contribution in [2.24, 2.45) is 11.8 Å². The third-order valence-electron chi connectivity index (χ3n) is 6.86. The number of hydrogen-bond acceptors (Lipinski definition) is 8. The molecule has 10 heteroatoms. The summed E-state index contributed by atoms with van der Waals surface area (Å²) >= 11 is 0. The molecule has 4 atom stereocenters. The second-order valence-electron chi connectivity index (χ2n) is 11.0. The van der Waals surface area contributed by atoms with Crippen LogP contribution in [0.3, 0.4) is 0 Å². The van der Waals surface area contributed by atoms with Crippen molar-refractivity contribution < 1.29 is 38.2 Å². The van der Waals surface area contributed by atoms with Crippen LogP contribution in [0.5, 0.6) is 5.75 Å². The molecule has 234 valence electrons. The van der Waals surface area contributed by atoms with Gasteiger partial charge in [-0.2, -0.15) is 0 Å². The van der Waals surface area contributed by atoms with Crippen LogP contribution in [0.2, 0.25) is 0 Å². The number of hydrogen-bond donors (Lipinski definition) is 2. The summed E-state index contributed by atoms with van der Waals surface area (Å²) in [5, 5.41) is 5.39. The third kappa shape index (κ3) is 10.8. The highest BCUT2D eigenvalue weighted by Crippen LogP contribution is 2.17. The number of esters is 2. The average Bonchev–Trinajstić information content (AvgIpc) is 3.01. The lowest BCUT2D eigenvalue weighted by Crippen LogP contribution is -2.49. The summed E-state index contributed by atoms with van der Waals surface area (Å²) in [5.41, 5.74) is 1.55. The van der Waals surface area contributed by atoms with E-state index in [9.17, 15) is 24.0 Å². The Hall–Kier alpha value is -4.73. The summed E-state index contributed by atoms with van der Waals surface area (Å²) in [6, 6.07) is 15.2. The summed E-state index contributed by atoms with van der Waals surface area (Å²) < 4.78 is 16.3. The molecular formula is C34H40N2O8. The zero-order valence-electron chi connectivity index (χ0n) is 25.5. The Labute approximate surface area is 257 Å². The van der Waals surface area contributed by atoms with Gasteiger partial charge < -0.3 is 24.8 Å². The van der Waals surface area contributed by atoms with Crippen LogP contribution >= 0.6 is 0 Å². The second kappa shape index (κ2) is 16.8. The Morgan fingerprint density at radius 2 is 1.70 bits per heavy atom. The Kier molecular flexibility index (Phi) is 12.9. The van der Waals surface area contributed by atoms with Crippen molar-refractivity contribution in [3.63, 3.8) is 0 Å². The molecule has 0 saturated heterocycles. The molecule has 1 aliphatic heterocycles. The molecule has 2 N–H and O–H groups in total. The Bertz CT molecular complexity index is 1350. The van der Waals surface area contributed by atoms with Gasteiger partial charge in [-0.15, -0.1) is 0 Å². The molecule has 2 aromatic rings. The number of carbonyl (C=O) groups is 5. The van der Waals surface area contributed by atoms with Crippen LogP contribution in [0.4, 0.5) is 0 Å². The normalized spacial score (nSPS) is 22.9. The van der Waals surface area contributed by atoms with Crippen molar-refractivity contribution in [1.29, 1.82) is 0 Å². The first-order valence-corrected chi connectivity index (χ1v) is 14.6. The molecule has 2 amide bonds. The predicted molar refractivity (Wildman–Crippen MR) is 164 cm³/mol. The molecule has 0 bridgehead atoms. The van der Waals surface area contributed by atoms with Crippen molar-refractivity contribution in [2.45, 2.75) is 58.3 Å². The molecule has 1 aliphatic rings. The van der Waals surface area contributed by atoms with Gasteiger partial charge in [0.05, 0.1) is 13.0 Å². The highest BCUT2D eigenvalue weighted by Gasteiger charge is 2.32. The van der Waals surface area contributed by atoms with Gasteiger partial charge in [0, 0.05) is 19.4 Å². The number of rotatable bonds is 8. The van der Waals surface area contributed by atoms with E-state index in [0.29, 0.717) is 5.75 Å². The summed E-state index contributed by atoms with van der Waals surface area (Å²) in [6.07, 6.45) is 3.21. The topological polar surface area (TPSA) is 137 Å². The maximum Gasteiger partial charge on any atom is 0.348 e. The van der Waals surface area contributed by atoms with Gasteiger partial charge in [0.2, 0.25) is 11.8 Å². The minimum atomic E-state index is -1.27. The average molecular weight is 605 g/mol. The monoisotopic (exact) mass is 604 g/mol. The molecule has 0 aromatic heterocycles. The van der Waals surface area contributed by atoms with Crippen LogP contribution in [0, 0.1) is 11.8 Å². The molecule has 0 radical (unpaired) electrons. The van der Waals surface area contributed by atoms with E-state index in [-0.39, 0.29) is 31.7 Å². The highest BCUT2D eigenvalue weighted by molar-refractivity contribution is 5.99. The quantitative estimate of drug-likeness (QED) is 0.345. The molecule has 10 nitrogen and oxygen atoms in total. The fraction of sp³-hybridized carbons (Fsp3) is 0.382. The number of methoxy groups -OCH3 is 1. The summed E-state index contributed by atoms with van der Waals surface area (Å²) in [7, 11) is 1.55. The zero-order valence-corrected chi connectivity index (χ0v) is 25.5. The van der Waals surface area contributed by atoms with E-state index in [1.54, 1.807) is 44.4 Å². The van der Waals surface area contributed by atoms with Crippen LogP contribution in [0.25, 0.3) is 6.08 Å². The first kappa shape index (κ1) is 33.8. The Morgan fingerprint density at radius 1 is 1.00 bits per heavy atom. The molecule has 44 heavy (non-hydrogen) atoms. The van der Waals surface area contributed by atoms with Crippen LogP contribution in [0.15, 0.2) is 72.8 Å². The first-order chi connectivity index (χ1) is 21.0. The van der Waals surface area contributed by atoms with E-state index in [4.69, 9.17) is 14.2 Å². The van der Waals surface area contributed by atoms with E-state index in [1.807, 2.05) is 44.2 Å². The Balaban J connectivity index is 1.88. The Morgan fingerprint density at radius 3 is 2.36 bits per heavy atom. The summed E-state index contributed by atoms with van der Waals surface area (Å²) in [6.45, 7) is 5.19. The second-order valence-corrected chi connectivity index (χ2v) is 11.0. The van der Waals surface area contributed by atoms with Gasteiger partial charge >= 0.3 is 11.9 Å². The minimum absolute atomic E-state index is 0.0320. The van der Waals surface area contributed by atoms with Gasteiger partial charge in [0.1, 0.15) is 11.8 Å². The van der Waals surface area contributed by atoms with Crippen LogP contribution in [-0.4, -0.2) is 61.4 Å². The number of cyclic esters (lactones) is 2. The lowest BCUT2D eigenvalue weighted by atomic mass is 10.0.